The zero-order valence-electron chi connectivity index (χ0n) is 10.8. The quantitative estimate of drug-likeness (QED) is 0.447. The van der Waals surface area contributed by atoms with Gasteiger partial charge in [0.15, 0.2) is 0 Å². The van der Waals surface area contributed by atoms with Gasteiger partial charge >= 0.3 is 13.3 Å². The van der Waals surface area contributed by atoms with E-state index < -0.39 is 13.3 Å². The van der Waals surface area contributed by atoms with Crippen LogP contribution in [0.15, 0.2) is 0 Å². The fraction of sp³-hybridized carbons (Fsp3) is 0.900. The topological polar surface area (TPSA) is 98.0 Å². The van der Waals surface area contributed by atoms with E-state index in [4.69, 9.17) is 20.2 Å². The second kappa shape index (κ2) is 12.7. The fourth-order valence-corrected chi connectivity index (χ4v) is 1.11. The smallest absolute Gasteiger partial charge is 0.481 e. The van der Waals surface area contributed by atoms with Gasteiger partial charge in [-0.25, -0.2) is 0 Å². The largest absolute Gasteiger partial charge is 0.631 e. The van der Waals surface area contributed by atoms with Gasteiger partial charge in [-0.3, -0.25) is 4.79 Å². The van der Waals surface area contributed by atoms with Crippen LogP contribution in [0.3, 0.4) is 0 Å². The number of carboxylic acids is 1. The molecular weight excluding hydrogens is 302 g/mol. The maximum absolute atomic E-state index is 10.2. The summed E-state index contributed by atoms with van der Waals surface area (Å²) < 4.78 is 0. The summed E-state index contributed by atoms with van der Waals surface area (Å²) in [6.07, 6.45) is 4.53. The molecule has 0 radical (unpaired) electrons. The van der Waals surface area contributed by atoms with Gasteiger partial charge in [0.2, 0.25) is 0 Å². The molecule has 0 heterocycles. The van der Waals surface area contributed by atoms with Gasteiger partial charge < -0.3 is 20.2 Å². The zero-order valence-corrected chi connectivity index (χ0v) is 13.3. The van der Waals surface area contributed by atoms with Crippen LogP contribution < -0.4 is 0 Å². The Bertz CT molecular complexity index is 179. The molecule has 0 saturated carbocycles. The molecule has 0 spiro atoms. The van der Waals surface area contributed by atoms with Crippen molar-refractivity contribution < 1.29 is 51.2 Å². The standard InChI is InChI=1S/C10H20O2.BH3O3.Zr/c1-10(2,3)8-6-4-5-7-9(11)12;2-1(3)4;/h4-8H2,1-3H3,(H,11,12);2-4H;. The van der Waals surface area contributed by atoms with Gasteiger partial charge in [0, 0.05) is 32.6 Å². The summed E-state index contributed by atoms with van der Waals surface area (Å²) in [5.74, 6) is -0.675. The van der Waals surface area contributed by atoms with Crippen LogP contribution in [0.4, 0.5) is 0 Å². The molecule has 7 heteroatoms. The van der Waals surface area contributed by atoms with Crippen molar-refractivity contribution in [2.75, 3.05) is 0 Å². The summed E-state index contributed by atoms with van der Waals surface area (Å²) in [6, 6.07) is 0. The molecule has 0 rings (SSSR count). The van der Waals surface area contributed by atoms with E-state index in [1.54, 1.807) is 0 Å². The van der Waals surface area contributed by atoms with E-state index in [-0.39, 0.29) is 26.2 Å². The number of rotatable bonds is 5. The average Bonchev–Trinajstić information content (AvgIpc) is 1.99. The molecule has 0 bridgehead atoms. The van der Waals surface area contributed by atoms with Crippen molar-refractivity contribution in [3.8, 4) is 0 Å². The Balaban J connectivity index is -0.000000340. The minimum Gasteiger partial charge on any atom is -0.481 e. The first-order chi connectivity index (χ1) is 7.15. The van der Waals surface area contributed by atoms with Crippen molar-refractivity contribution in [1.82, 2.24) is 0 Å². The Kier molecular flexibility index (Phi) is 16.9. The summed E-state index contributed by atoms with van der Waals surface area (Å²) in [7, 11) is -2.17. The van der Waals surface area contributed by atoms with Crippen molar-refractivity contribution >= 4 is 13.3 Å². The molecule has 0 saturated heterocycles. The minimum atomic E-state index is -2.17. The molecule has 0 amide bonds. The molecule has 4 N–H and O–H groups in total. The molecule has 0 aromatic carbocycles. The van der Waals surface area contributed by atoms with E-state index in [0.29, 0.717) is 11.8 Å². The molecule has 17 heavy (non-hydrogen) atoms. The van der Waals surface area contributed by atoms with Crippen molar-refractivity contribution in [2.24, 2.45) is 5.41 Å². The maximum Gasteiger partial charge on any atom is 0.631 e. The molecule has 0 aliphatic rings. The Morgan fingerprint density at radius 1 is 1.06 bits per heavy atom. The van der Waals surface area contributed by atoms with Crippen LogP contribution >= 0.6 is 0 Å². The molecule has 100 valence electrons. The van der Waals surface area contributed by atoms with Crippen LogP contribution in [-0.4, -0.2) is 33.5 Å². The summed E-state index contributed by atoms with van der Waals surface area (Å²) >= 11 is 0. The van der Waals surface area contributed by atoms with Gasteiger partial charge in [0.1, 0.15) is 0 Å². The predicted molar refractivity (Wildman–Crippen MR) is 62.6 cm³/mol. The third-order valence-corrected chi connectivity index (χ3v) is 1.82. The van der Waals surface area contributed by atoms with Crippen molar-refractivity contribution in [1.29, 1.82) is 0 Å². The Hall–Kier alpha value is 0.298. The summed E-state index contributed by atoms with van der Waals surface area (Å²) in [5, 5.41) is 29.9. The van der Waals surface area contributed by atoms with Crippen LogP contribution in [0.25, 0.3) is 0 Å². The molecule has 0 atom stereocenters. The predicted octanol–water partition coefficient (Wildman–Crippen LogP) is 1.01. The third kappa shape index (κ3) is 38.5. The fourth-order valence-electron chi connectivity index (χ4n) is 1.11. The number of carbonyl (C=O) groups is 1. The van der Waals surface area contributed by atoms with Gasteiger partial charge in [-0.2, -0.15) is 0 Å². The maximum atomic E-state index is 10.2. The summed E-state index contributed by atoms with van der Waals surface area (Å²) in [4.78, 5) is 10.2. The van der Waals surface area contributed by atoms with Crippen molar-refractivity contribution in [2.45, 2.75) is 52.9 Å². The Morgan fingerprint density at radius 3 is 1.76 bits per heavy atom. The molecule has 0 unspecified atom stereocenters. The first-order valence-corrected chi connectivity index (χ1v) is 5.41. The second-order valence-corrected chi connectivity index (χ2v) is 4.86. The number of aliphatic carboxylic acids is 1. The van der Waals surface area contributed by atoms with Gasteiger partial charge in [-0.1, -0.05) is 33.6 Å². The molecule has 0 fully saturated rings. The number of unbranched alkanes of at least 4 members (excludes halogenated alkanes) is 2. The Morgan fingerprint density at radius 2 is 1.47 bits per heavy atom. The van der Waals surface area contributed by atoms with Gasteiger partial charge in [-0.15, -0.1) is 0 Å². The number of hydrogen-bond donors (Lipinski definition) is 4. The van der Waals surface area contributed by atoms with E-state index in [9.17, 15) is 4.79 Å². The summed E-state index contributed by atoms with van der Waals surface area (Å²) in [6.45, 7) is 6.64. The number of hydrogen-bond acceptors (Lipinski definition) is 4. The normalized spacial score (nSPS) is 9.76. The first kappa shape index (κ1) is 22.5. The first-order valence-electron chi connectivity index (χ1n) is 5.41. The van der Waals surface area contributed by atoms with Crippen LogP contribution in [0.1, 0.15) is 52.9 Å². The Labute approximate surface area is 123 Å². The second-order valence-electron chi connectivity index (χ2n) is 4.86. The average molecular weight is 325 g/mol. The molecule has 0 aliphatic heterocycles. The monoisotopic (exact) mass is 324 g/mol. The van der Waals surface area contributed by atoms with Crippen LogP contribution in [0, 0.1) is 5.41 Å². The molecule has 0 aromatic heterocycles. The van der Waals surface area contributed by atoms with Gasteiger partial charge in [0.25, 0.3) is 0 Å². The van der Waals surface area contributed by atoms with Crippen LogP contribution in [0.2, 0.25) is 0 Å². The molecule has 0 aromatic rings. The SMILES string of the molecule is CC(C)(C)CCCCCC(=O)O.OB(O)O.[Zr]. The van der Waals surface area contributed by atoms with E-state index >= 15 is 0 Å². The van der Waals surface area contributed by atoms with E-state index in [1.165, 1.54) is 6.42 Å². The van der Waals surface area contributed by atoms with Gasteiger partial charge in [0.05, 0.1) is 0 Å². The van der Waals surface area contributed by atoms with Crippen molar-refractivity contribution in [3.63, 3.8) is 0 Å². The molecule has 5 nitrogen and oxygen atoms in total. The zero-order chi connectivity index (χ0) is 13.2. The third-order valence-electron chi connectivity index (χ3n) is 1.82. The molecular formula is C10H23BO5Zr. The van der Waals surface area contributed by atoms with E-state index in [0.717, 1.165) is 19.3 Å². The van der Waals surface area contributed by atoms with E-state index in [2.05, 4.69) is 20.8 Å². The van der Waals surface area contributed by atoms with Crippen LogP contribution in [0.5, 0.6) is 0 Å². The minimum absolute atomic E-state index is 0. The molecule has 0 aliphatic carbocycles. The number of carboxylic acid groups (broad SMARTS) is 1. The summed E-state index contributed by atoms with van der Waals surface area (Å²) in [5.41, 5.74) is 0.392. The van der Waals surface area contributed by atoms with E-state index in [1.807, 2.05) is 0 Å². The van der Waals surface area contributed by atoms with Gasteiger partial charge in [-0.05, 0) is 18.3 Å². The van der Waals surface area contributed by atoms with Crippen LogP contribution in [-0.2, 0) is 31.0 Å². The van der Waals surface area contributed by atoms with Crippen molar-refractivity contribution in [3.05, 3.63) is 0 Å².